The summed E-state index contributed by atoms with van der Waals surface area (Å²) in [5.41, 5.74) is 6.10. The van der Waals surface area contributed by atoms with E-state index >= 15 is 0 Å². The molecule has 0 amide bonds. The first-order chi connectivity index (χ1) is 4.35. The molecular formula is C7H12N2. The molecule has 0 saturated heterocycles. The molecule has 0 heterocycles. The molecule has 0 aromatic rings. The van der Waals surface area contributed by atoms with Crippen molar-refractivity contribution in [1.29, 1.82) is 0 Å². The van der Waals surface area contributed by atoms with Crippen molar-refractivity contribution in [2.75, 3.05) is 6.54 Å². The summed E-state index contributed by atoms with van der Waals surface area (Å²) < 4.78 is 0. The van der Waals surface area contributed by atoms with Gasteiger partial charge in [-0.25, -0.2) is 0 Å². The monoisotopic (exact) mass is 124 g/mol. The van der Waals surface area contributed by atoms with Gasteiger partial charge in [0.1, 0.15) is 0 Å². The third-order valence-corrected chi connectivity index (χ3v) is 0.893. The maximum Gasteiger partial charge on any atom is 0.0532 e. The fraction of sp³-hybridized carbons (Fsp3) is 0.286. The van der Waals surface area contributed by atoms with Gasteiger partial charge in [-0.3, -0.25) is 4.99 Å². The molecule has 2 N–H and O–H groups in total. The highest BCUT2D eigenvalue weighted by molar-refractivity contribution is 5.30. The van der Waals surface area contributed by atoms with E-state index in [1.54, 1.807) is 0 Å². The summed E-state index contributed by atoms with van der Waals surface area (Å²) >= 11 is 0. The quantitative estimate of drug-likeness (QED) is 0.444. The Morgan fingerprint density at radius 3 is 2.78 bits per heavy atom. The lowest BCUT2D eigenvalue weighted by molar-refractivity contribution is 1.11. The van der Waals surface area contributed by atoms with Gasteiger partial charge in [0, 0.05) is 6.54 Å². The average molecular weight is 124 g/mol. The highest BCUT2D eigenvalue weighted by Crippen LogP contribution is 1.90. The minimum absolute atomic E-state index is 0.452. The van der Waals surface area contributed by atoms with Crippen molar-refractivity contribution in [1.82, 2.24) is 0 Å². The summed E-state index contributed by atoms with van der Waals surface area (Å²) in [6.45, 7) is 5.74. The van der Waals surface area contributed by atoms with Gasteiger partial charge >= 0.3 is 0 Å². The minimum Gasteiger partial charge on any atom is -0.325 e. The van der Waals surface area contributed by atoms with Crippen LogP contribution in [-0.2, 0) is 0 Å². The van der Waals surface area contributed by atoms with E-state index < -0.39 is 0 Å². The molecule has 50 valence electrons. The van der Waals surface area contributed by atoms with Crippen molar-refractivity contribution in [2.45, 2.75) is 6.92 Å². The normalized spacial score (nSPS) is 12.4. The van der Waals surface area contributed by atoms with Gasteiger partial charge in [0.15, 0.2) is 0 Å². The number of nitrogens with zero attached hydrogens (tertiary/aromatic N) is 1. The van der Waals surface area contributed by atoms with Gasteiger partial charge in [0.2, 0.25) is 0 Å². The zero-order valence-electron chi connectivity index (χ0n) is 5.67. The van der Waals surface area contributed by atoms with Crippen LogP contribution in [0.5, 0.6) is 0 Å². The Kier molecular flexibility index (Phi) is 4.73. The number of nitrogens with two attached hydrogens (primary N) is 1. The van der Waals surface area contributed by atoms with Crippen LogP contribution in [0.4, 0.5) is 0 Å². The van der Waals surface area contributed by atoms with Crippen LogP contribution < -0.4 is 5.73 Å². The number of rotatable bonds is 3. The lowest BCUT2D eigenvalue weighted by atomic mass is 10.4. The molecule has 0 saturated carbocycles. The highest BCUT2D eigenvalue weighted by Gasteiger charge is 1.81. The molecule has 9 heavy (non-hydrogen) atoms. The van der Waals surface area contributed by atoms with Crippen molar-refractivity contribution in [2.24, 2.45) is 10.7 Å². The average Bonchev–Trinajstić information content (AvgIpc) is 1.91. The lowest BCUT2D eigenvalue weighted by Crippen LogP contribution is -1.99. The van der Waals surface area contributed by atoms with E-state index in [1.807, 2.05) is 25.2 Å². The number of hydrogen-bond donors (Lipinski definition) is 1. The van der Waals surface area contributed by atoms with Gasteiger partial charge in [-0.2, -0.15) is 0 Å². The van der Waals surface area contributed by atoms with Crippen molar-refractivity contribution >= 4 is 6.72 Å². The van der Waals surface area contributed by atoms with E-state index in [4.69, 9.17) is 5.73 Å². The third kappa shape index (κ3) is 3.67. The zero-order chi connectivity index (χ0) is 7.11. The Hall–Kier alpha value is -0.890. The standard InChI is InChI=1S/C7H12N2/c1-3-4-5-7(6-8)9-2/h3-5H,2,6,8H2,1H3/b4-3-,7-5-. The van der Waals surface area contributed by atoms with E-state index in [0.29, 0.717) is 6.54 Å². The molecule has 0 radical (unpaired) electrons. The Labute approximate surface area is 55.8 Å². The molecule has 0 aromatic carbocycles. The summed E-state index contributed by atoms with van der Waals surface area (Å²) in [6.07, 6.45) is 5.64. The number of aliphatic imine (C=N–C) groups is 1. The summed E-state index contributed by atoms with van der Waals surface area (Å²) in [6, 6.07) is 0. The second-order valence-electron chi connectivity index (χ2n) is 1.55. The Morgan fingerprint density at radius 2 is 2.44 bits per heavy atom. The molecule has 0 aliphatic rings. The van der Waals surface area contributed by atoms with E-state index in [-0.39, 0.29) is 0 Å². The van der Waals surface area contributed by atoms with Crippen LogP contribution in [0.15, 0.2) is 28.9 Å². The molecule has 0 bridgehead atoms. The largest absolute Gasteiger partial charge is 0.325 e. The Bertz CT molecular complexity index is 134. The predicted molar refractivity (Wildman–Crippen MR) is 41.5 cm³/mol. The van der Waals surface area contributed by atoms with Crippen LogP contribution in [0.25, 0.3) is 0 Å². The fourth-order valence-corrected chi connectivity index (χ4v) is 0.393. The molecule has 0 unspecified atom stereocenters. The molecule has 0 rings (SSSR count). The summed E-state index contributed by atoms with van der Waals surface area (Å²) in [5, 5.41) is 0. The van der Waals surface area contributed by atoms with Crippen molar-refractivity contribution in [3.05, 3.63) is 23.9 Å². The lowest BCUT2D eigenvalue weighted by Gasteiger charge is -1.89. The number of allylic oxidation sites excluding steroid dienone is 3. The van der Waals surface area contributed by atoms with Crippen molar-refractivity contribution < 1.29 is 0 Å². The van der Waals surface area contributed by atoms with Crippen LogP contribution in [0.2, 0.25) is 0 Å². The van der Waals surface area contributed by atoms with Crippen LogP contribution >= 0.6 is 0 Å². The minimum atomic E-state index is 0.452. The first-order valence-corrected chi connectivity index (χ1v) is 2.83. The molecule has 2 nitrogen and oxygen atoms in total. The number of hydrogen-bond acceptors (Lipinski definition) is 2. The van der Waals surface area contributed by atoms with Gasteiger partial charge in [0.05, 0.1) is 5.70 Å². The van der Waals surface area contributed by atoms with E-state index in [9.17, 15) is 0 Å². The Balaban J connectivity index is 3.90. The zero-order valence-corrected chi connectivity index (χ0v) is 5.67. The summed E-state index contributed by atoms with van der Waals surface area (Å²) in [7, 11) is 0. The molecule has 0 spiro atoms. The molecule has 0 atom stereocenters. The fourth-order valence-electron chi connectivity index (χ4n) is 0.393. The van der Waals surface area contributed by atoms with Crippen LogP contribution in [0.1, 0.15) is 6.92 Å². The third-order valence-electron chi connectivity index (χ3n) is 0.893. The van der Waals surface area contributed by atoms with Crippen LogP contribution in [0, 0.1) is 0 Å². The van der Waals surface area contributed by atoms with Crippen molar-refractivity contribution in [3.63, 3.8) is 0 Å². The SMILES string of the molecule is C=N/C(=C\C=C/C)CN. The van der Waals surface area contributed by atoms with Crippen molar-refractivity contribution in [3.8, 4) is 0 Å². The van der Waals surface area contributed by atoms with Gasteiger partial charge < -0.3 is 5.73 Å². The summed E-state index contributed by atoms with van der Waals surface area (Å²) in [4.78, 5) is 3.68. The van der Waals surface area contributed by atoms with Gasteiger partial charge in [-0.05, 0) is 19.7 Å². The van der Waals surface area contributed by atoms with Gasteiger partial charge in [-0.15, -0.1) is 0 Å². The second-order valence-corrected chi connectivity index (χ2v) is 1.55. The van der Waals surface area contributed by atoms with E-state index in [0.717, 1.165) is 5.70 Å². The maximum atomic E-state index is 5.29. The summed E-state index contributed by atoms with van der Waals surface area (Å²) in [5.74, 6) is 0. The molecule has 2 heteroatoms. The molecule has 0 aromatic heterocycles. The molecule has 0 aliphatic carbocycles. The predicted octanol–water partition coefficient (Wildman–Crippen LogP) is 1.11. The topological polar surface area (TPSA) is 38.4 Å². The molecular weight excluding hydrogens is 112 g/mol. The van der Waals surface area contributed by atoms with E-state index in [1.165, 1.54) is 0 Å². The second kappa shape index (κ2) is 5.25. The van der Waals surface area contributed by atoms with Gasteiger partial charge in [-0.1, -0.05) is 12.2 Å². The highest BCUT2D eigenvalue weighted by atomic mass is 14.7. The Morgan fingerprint density at radius 1 is 1.78 bits per heavy atom. The maximum absolute atomic E-state index is 5.29. The first-order valence-electron chi connectivity index (χ1n) is 2.83. The molecule has 0 aliphatic heterocycles. The van der Waals surface area contributed by atoms with Crippen LogP contribution in [0.3, 0.4) is 0 Å². The first kappa shape index (κ1) is 8.11. The van der Waals surface area contributed by atoms with Crippen LogP contribution in [-0.4, -0.2) is 13.3 Å². The van der Waals surface area contributed by atoms with E-state index in [2.05, 4.69) is 11.7 Å². The molecule has 0 fully saturated rings. The van der Waals surface area contributed by atoms with Gasteiger partial charge in [0.25, 0.3) is 0 Å². The smallest absolute Gasteiger partial charge is 0.0532 e.